The number of hydrogen-bond acceptors (Lipinski definition) is 5. The van der Waals surface area contributed by atoms with Crippen molar-refractivity contribution in [2.45, 2.75) is 32.0 Å². The molecule has 0 bridgehead atoms. The first kappa shape index (κ1) is 16.0. The molecule has 1 heterocycles. The number of fused-ring (bicyclic) bond motifs is 2. The van der Waals surface area contributed by atoms with Crippen LogP contribution in [0.1, 0.15) is 30.9 Å². The second-order valence-corrected chi connectivity index (χ2v) is 6.95. The maximum absolute atomic E-state index is 11.4. The highest BCUT2D eigenvalue weighted by molar-refractivity contribution is 5.99. The topological polar surface area (TPSA) is 65.0 Å². The van der Waals surface area contributed by atoms with E-state index in [-0.39, 0.29) is 11.7 Å². The zero-order valence-electron chi connectivity index (χ0n) is 14.8. The molecule has 1 aliphatic heterocycles. The molecule has 0 amide bonds. The molecule has 1 unspecified atom stereocenters. The van der Waals surface area contributed by atoms with Gasteiger partial charge in [-0.1, -0.05) is 24.3 Å². The number of carbonyl (C=O) groups is 1. The first-order chi connectivity index (χ1) is 13.1. The van der Waals surface area contributed by atoms with Crippen molar-refractivity contribution in [2.75, 3.05) is 0 Å². The number of phenolic OH excluding ortho intramolecular Hbond substituents is 1. The van der Waals surface area contributed by atoms with Crippen LogP contribution in [-0.2, 0) is 17.0 Å². The molecule has 3 aromatic carbocycles. The first-order valence-corrected chi connectivity index (χ1v) is 9.01. The number of hydrogen-bond donors (Lipinski definition) is 1. The maximum Gasteiger partial charge on any atom is 0.308 e. The van der Waals surface area contributed by atoms with Crippen molar-refractivity contribution in [3.05, 3.63) is 59.7 Å². The Morgan fingerprint density at radius 3 is 2.67 bits per heavy atom. The van der Waals surface area contributed by atoms with E-state index < -0.39 is 5.79 Å². The van der Waals surface area contributed by atoms with Crippen molar-refractivity contribution in [1.29, 1.82) is 0 Å². The van der Waals surface area contributed by atoms with E-state index in [1.807, 2.05) is 36.4 Å². The minimum absolute atomic E-state index is 0.271. The lowest BCUT2D eigenvalue weighted by Gasteiger charge is -2.42. The van der Waals surface area contributed by atoms with Crippen molar-refractivity contribution >= 4 is 16.7 Å². The van der Waals surface area contributed by atoms with Crippen molar-refractivity contribution < 1.29 is 24.1 Å². The lowest BCUT2D eigenvalue weighted by molar-refractivity contribution is -0.138. The summed E-state index contributed by atoms with van der Waals surface area (Å²) in [5.74, 6) is 0.775. The molecule has 27 heavy (non-hydrogen) atoms. The van der Waals surface area contributed by atoms with Crippen molar-refractivity contribution in [3.63, 3.8) is 0 Å². The SMILES string of the molecule is CC(=O)Oc1ccc2c3c(cccc13)OC1(CCCc3c(O)cccc31)O2. The van der Waals surface area contributed by atoms with E-state index in [1.54, 1.807) is 12.1 Å². The highest BCUT2D eigenvalue weighted by Gasteiger charge is 2.45. The molecule has 2 aliphatic rings. The largest absolute Gasteiger partial charge is 0.508 e. The Kier molecular flexibility index (Phi) is 3.34. The summed E-state index contributed by atoms with van der Waals surface area (Å²) < 4.78 is 18.1. The van der Waals surface area contributed by atoms with E-state index >= 15 is 0 Å². The quantitative estimate of drug-likeness (QED) is 0.512. The molecular weight excluding hydrogens is 344 g/mol. The van der Waals surface area contributed by atoms with Crippen LogP contribution in [0.4, 0.5) is 0 Å². The average molecular weight is 362 g/mol. The Morgan fingerprint density at radius 2 is 1.85 bits per heavy atom. The van der Waals surface area contributed by atoms with Crippen LogP contribution in [-0.4, -0.2) is 11.1 Å². The molecule has 5 rings (SSSR count). The molecule has 1 N–H and O–H groups in total. The Balaban J connectivity index is 1.69. The van der Waals surface area contributed by atoms with Gasteiger partial charge in [0.15, 0.2) is 0 Å². The third-order valence-corrected chi connectivity index (χ3v) is 5.22. The zero-order chi connectivity index (χ0) is 18.6. The molecule has 0 saturated carbocycles. The van der Waals surface area contributed by atoms with Crippen LogP contribution in [0.25, 0.3) is 10.8 Å². The zero-order valence-corrected chi connectivity index (χ0v) is 14.8. The number of aromatic hydroxyl groups is 1. The molecule has 3 aromatic rings. The molecule has 0 fully saturated rings. The second kappa shape index (κ2) is 5.64. The van der Waals surface area contributed by atoms with Gasteiger partial charge in [0.05, 0.1) is 5.39 Å². The van der Waals surface area contributed by atoms with Crippen LogP contribution in [0.2, 0.25) is 0 Å². The third kappa shape index (κ3) is 2.35. The first-order valence-electron chi connectivity index (χ1n) is 9.01. The molecule has 0 saturated heterocycles. The molecule has 1 spiro atoms. The smallest absolute Gasteiger partial charge is 0.308 e. The van der Waals surface area contributed by atoms with E-state index in [9.17, 15) is 9.90 Å². The number of ether oxygens (including phenoxy) is 3. The number of phenols is 1. The van der Waals surface area contributed by atoms with Gasteiger partial charge in [-0.15, -0.1) is 0 Å². The Morgan fingerprint density at radius 1 is 1.07 bits per heavy atom. The standard InChI is InChI=1S/C22H18O5/c1-13(23)25-18-10-11-20-21-15(18)5-2-9-19(21)26-22(27-20)12-4-6-14-16(22)7-3-8-17(14)24/h2-3,5,7-11,24H,4,6,12H2,1H3. The lowest BCUT2D eigenvalue weighted by Crippen LogP contribution is -2.44. The summed E-state index contributed by atoms with van der Waals surface area (Å²) in [6.45, 7) is 1.38. The van der Waals surface area contributed by atoms with Gasteiger partial charge >= 0.3 is 5.97 Å². The second-order valence-electron chi connectivity index (χ2n) is 6.95. The third-order valence-electron chi connectivity index (χ3n) is 5.22. The van der Waals surface area contributed by atoms with Gasteiger partial charge in [-0.05, 0) is 37.1 Å². The summed E-state index contributed by atoms with van der Waals surface area (Å²) in [6.07, 6.45) is 2.32. The van der Waals surface area contributed by atoms with Crippen LogP contribution in [0, 0.1) is 0 Å². The summed E-state index contributed by atoms with van der Waals surface area (Å²) in [7, 11) is 0. The summed E-state index contributed by atoms with van der Waals surface area (Å²) >= 11 is 0. The van der Waals surface area contributed by atoms with Gasteiger partial charge in [0.1, 0.15) is 23.0 Å². The summed E-state index contributed by atoms with van der Waals surface area (Å²) in [5.41, 5.74) is 1.73. The number of carbonyl (C=O) groups excluding carboxylic acids is 1. The van der Waals surface area contributed by atoms with Gasteiger partial charge in [-0.25, -0.2) is 0 Å². The van der Waals surface area contributed by atoms with Crippen LogP contribution >= 0.6 is 0 Å². The van der Waals surface area contributed by atoms with E-state index in [1.165, 1.54) is 6.92 Å². The fraction of sp³-hybridized carbons (Fsp3) is 0.227. The summed E-state index contributed by atoms with van der Waals surface area (Å²) in [4.78, 5) is 11.4. The Hall–Kier alpha value is -3.21. The molecule has 5 nitrogen and oxygen atoms in total. The molecule has 0 radical (unpaired) electrons. The van der Waals surface area contributed by atoms with E-state index in [0.717, 1.165) is 34.7 Å². The van der Waals surface area contributed by atoms with Gasteiger partial charge in [0.2, 0.25) is 0 Å². The normalized spacial score (nSPS) is 19.9. The predicted molar refractivity (Wildman–Crippen MR) is 99.2 cm³/mol. The van der Waals surface area contributed by atoms with Crippen molar-refractivity contribution in [3.8, 4) is 23.0 Å². The van der Waals surface area contributed by atoms with Crippen molar-refractivity contribution in [2.24, 2.45) is 0 Å². The van der Waals surface area contributed by atoms with Gasteiger partial charge in [-0.2, -0.15) is 0 Å². The number of benzene rings is 3. The Bertz CT molecular complexity index is 1070. The predicted octanol–water partition coefficient (Wildman–Crippen LogP) is 4.43. The highest BCUT2D eigenvalue weighted by atomic mass is 16.7. The van der Waals surface area contributed by atoms with Gasteiger partial charge < -0.3 is 19.3 Å². The van der Waals surface area contributed by atoms with Gasteiger partial charge in [0, 0.05) is 29.9 Å². The van der Waals surface area contributed by atoms with Crippen LogP contribution in [0.3, 0.4) is 0 Å². The van der Waals surface area contributed by atoms with Gasteiger partial charge in [-0.3, -0.25) is 4.79 Å². The number of rotatable bonds is 1. The van der Waals surface area contributed by atoms with Gasteiger partial charge in [0.25, 0.3) is 5.79 Å². The summed E-state index contributed by atoms with van der Waals surface area (Å²) in [6, 6.07) is 14.7. The monoisotopic (exact) mass is 362 g/mol. The molecule has 1 aliphatic carbocycles. The fourth-order valence-corrected chi connectivity index (χ4v) is 4.14. The molecule has 5 heteroatoms. The minimum Gasteiger partial charge on any atom is -0.508 e. The highest BCUT2D eigenvalue weighted by Crippen LogP contribution is 2.51. The van der Waals surface area contributed by atoms with Crippen LogP contribution in [0.15, 0.2) is 48.5 Å². The molecule has 1 atom stereocenters. The maximum atomic E-state index is 11.4. The number of esters is 1. The molecule has 0 aromatic heterocycles. The van der Waals surface area contributed by atoms with Crippen molar-refractivity contribution in [1.82, 2.24) is 0 Å². The van der Waals surface area contributed by atoms with E-state index in [4.69, 9.17) is 14.2 Å². The van der Waals surface area contributed by atoms with E-state index in [0.29, 0.717) is 23.7 Å². The Labute approximate surface area is 156 Å². The molecular formula is C22H18O5. The van der Waals surface area contributed by atoms with Crippen LogP contribution < -0.4 is 14.2 Å². The fourth-order valence-electron chi connectivity index (χ4n) is 4.14. The molecule has 136 valence electrons. The summed E-state index contributed by atoms with van der Waals surface area (Å²) in [5, 5.41) is 11.8. The van der Waals surface area contributed by atoms with Crippen LogP contribution in [0.5, 0.6) is 23.0 Å². The lowest BCUT2D eigenvalue weighted by atomic mass is 9.85. The van der Waals surface area contributed by atoms with E-state index in [2.05, 4.69) is 0 Å². The average Bonchev–Trinajstić information content (AvgIpc) is 2.65. The minimum atomic E-state index is -0.962.